The molecule has 0 bridgehead atoms. The summed E-state index contributed by atoms with van der Waals surface area (Å²) in [6, 6.07) is 9.63. The first-order chi connectivity index (χ1) is 11.3. The van der Waals surface area contributed by atoms with Gasteiger partial charge >= 0.3 is 6.36 Å². The zero-order valence-corrected chi connectivity index (χ0v) is 13.9. The second kappa shape index (κ2) is 8.35. The first-order valence-corrected chi connectivity index (χ1v) is 7.85. The van der Waals surface area contributed by atoms with E-state index < -0.39 is 6.36 Å². The van der Waals surface area contributed by atoms with Gasteiger partial charge in [-0.15, -0.1) is 13.2 Å². The standard InChI is InChI=1S/C17H18ClF3N2O/c1-12(9-22-10-14-4-7-16(18)23-11-14)8-13-2-5-15(6-3-13)24-17(19,20)21/h2-7,11-12,22H,8-10H2,1H3. The van der Waals surface area contributed by atoms with Gasteiger partial charge in [-0.25, -0.2) is 4.98 Å². The Hall–Kier alpha value is -1.79. The summed E-state index contributed by atoms with van der Waals surface area (Å²) in [4.78, 5) is 4.01. The van der Waals surface area contributed by atoms with E-state index in [2.05, 4.69) is 22.0 Å². The van der Waals surface area contributed by atoms with E-state index in [1.54, 1.807) is 24.4 Å². The molecule has 0 aliphatic carbocycles. The van der Waals surface area contributed by atoms with Crippen LogP contribution in [0, 0.1) is 5.92 Å². The van der Waals surface area contributed by atoms with Crippen molar-refractivity contribution in [1.29, 1.82) is 0 Å². The molecule has 1 unspecified atom stereocenters. The molecule has 24 heavy (non-hydrogen) atoms. The van der Waals surface area contributed by atoms with Crippen LogP contribution in [0.1, 0.15) is 18.1 Å². The molecule has 2 rings (SSSR count). The zero-order chi connectivity index (χ0) is 17.6. The third-order valence-electron chi connectivity index (χ3n) is 3.35. The first-order valence-electron chi connectivity index (χ1n) is 7.47. The summed E-state index contributed by atoms with van der Waals surface area (Å²) < 4.78 is 40.2. The van der Waals surface area contributed by atoms with E-state index in [0.29, 0.717) is 17.6 Å². The molecule has 0 radical (unpaired) electrons. The summed E-state index contributed by atoms with van der Waals surface area (Å²) >= 11 is 5.73. The number of benzene rings is 1. The maximum Gasteiger partial charge on any atom is 0.573 e. The van der Waals surface area contributed by atoms with Crippen molar-refractivity contribution in [1.82, 2.24) is 10.3 Å². The van der Waals surface area contributed by atoms with E-state index in [1.807, 2.05) is 6.07 Å². The van der Waals surface area contributed by atoms with Crippen molar-refractivity contribution in [3.8, 4) is 5.75 Å². The van der Waals surface area contributed by atoms with Gasteiger partial charge in [0, 0.05) is 12.7 Å². The smallest absolute Gasteiger partial charge is 0.406 e. The van der Waals surface area contributed by atoms with Crippen LogP contribution in [0.15, 0.2) is 42.6 Å². The molecular formula is C17H18ClF3N2O. The average molecular weight is 359 g/mol. The van der Waals surface area contributed by atoms with Gasteiger partial charge < -0.3 is 10.1 Å². The number of rotatable bonds is 7. The van der Waals surface area contributed by atoms with Gasteiger partial charge in [0.1, 0.15) is 10.9 Å². The second-order valence-electron chi connectivity index (χ2n) is 5.62. The summed E-state index contributed by atoms with van der Waals surface area (Å²) in [5, 5.41) is 3.79. The van der Waals surface area contributed by atoms with Gasteiger partial charge in [-0.05, 0) is 48.2 Å². The molecule has 0 saturated carbocycles. The van der Waals surface area contributed by atoms with E-state index in [1.165, 1.54) is 12.1 Å². The predicted octanol–water partition coefficient (Wildman–Crippen LogP) is 4.60. The van der Waals surface area contributed by atoms with Gasteiger partial charge in [0.05, 0.1) is 0 Å². The lowest BCUT2D eigenvalue weighted by atomic mass is 10.0. The second-order valence-corrected chi connectivity index (χ2v) is 6.01. The van der Waals surface area contributed by atoms with Crippen molar-refractivity contribution in [2.75, 3.05) is 6.54 Å². The quantitative estimate of drug-likeness (QED) is 0.734. The number of hydrogen-bond donors (Lipinski definition) is 1. The Morgan fingerprint density at radius 1 is 1.12 bits per heavy atom. The van der Waals surface area contributed by atoms with Crippen LogP contribution in [0.2, 0.25) is 5.15 Å². The molecule has 0 spiro atoms. The largest absolute Gasteiger partial charge is 0.573 e. The highest BCUT2D eigenvalue weighted by Crippen LogP contribution is 2.23. The third kappa shape index (κ3) is 6.76. The summed E-state index contributed by atoms with van der Waals surface area (Å²) in [6.45, 7) is 3.55. The summed E-state index contributed by atoms with van der Waals surface area (Å²) in [7, 11) is 0. The highest BCUT2D eigenvalue weighted by Gasteiger charge is 2.30. The molecule has 0 amide bonds. The van der Waals surface area contributed by atoms with Crippen LogP contribution < -0.4 is 10.1 Å². The lowest BCUT2D eigenvalue weighted by molar-refractivity contribution is -0.274. The summed E-state index contributed by atoms with van der Waals surface area (Å²) in [5.74, 6) is 0.131. The number of nitrogens with one attached hydrogen (secondary N) is 1. The number of halogens is 4. The number of alkyl halides is 3. The fraction of sp³-hybridized carbons (Fsp3) is 0.353. The predicted molar refractivity (Wildman–Crippen MR) is 86.9 cm³/mol. The first kappa shape index (κ1) is 18.5. The monoisotopic (exact) mass is 358 g/mol. The average Bonchev–Trinajstić information content (AvgIpc) is 2.50. The number of nitrogens with zero attached hydrogens (tertiary/aromatic N) is 1. The maximum absolute atomic E-state index is 12.1. The van der Waals surface area contributed by atoms with E-state index in [0.717, 1.165) is 24.1 Å². The SMILES string of the molecule is CC(CNCc1ccc(Cl)nc1)Cc1ccc(OC(F)(F)F)cc1. The van der Waals surface area contributed by atoms with Crippen molar-refractivity contribution in [3.05, 3.63) is 58.9 Å². The molecule has 0 aliphatic heterocycles. The van der Waals surface area contributed by atoms with Crippen molar-refractivity contribution in [2.24, 2.45) is 5.92 Å². The molecule has 3 nitrogen and oxygen atoms in total. The van der Waals surface area contributed by atoms with E-state index in [4.69, 9.17) is 11.6 Å². The molecule has 1 aromatic carbocycles. The van der Waals surface area contributed by atoms with Crippen LogP contribution in [-0.4, -0.2) is 17.9 Å². The van der Waals surface area contributed by atoms with E-state index >= 15 is 0 Å². The number of pyridine rings is 1. The number of hydrogen-bond acceptors (Lipinski definition) is 3. The Labute approximate surface area is 143 Å². The molecule has 1 aromatic heterocycles. The lowest BCUT2D eigenvalue weighted by Crippen LogP contribution is -2.22. The zero-order valence-electron chi connectivity index (χ0n) is 13.1. The Morgan fingerprint density at radius 3 is 2.38 bits per heavy atom. The van der Waals surface area contributed by atoms with Crippen LogP contribution in [0.4, 0.5) is 13.2 Å². The van der Waals surface area contributed by atoms with Gasteiger partial charge in [-0.2, -0.15) is 0 Å². The van der Waals surface area contributed by atoms with Crippen LogP contribution in [0.25, 0.3) is 0 Å². The molecule has 1 heterocycles. The van der Waals surface area contributed by atoms with Crippen molar-refractivity contribution < 1.29 is 17.9 Å². The highest BCUT2D eigenvalue weighted by molar-refractivity contribution is 6.29. The van der Waals surface area contributed by atoms with Gasteiger partial charge in [0.25, 0.3) is 0 Å². The minimum atomic E-state index is -4.66. The number of ether oxygens (including phenoxy) is 1. The molecule has 7 heteroatoms. The molecule has 2 aromatic rings. The fourth-order valence-electron chi connectivity index (χ4n) is 2.28. The van der Waals surface area contributed by atoms with Crippen molar-refractivity contribution in [2.45, 2.75) is 26.3 Å². The minimum absolute atomic E-state index is 0.202. The summed E-state index contributed by atoms with van der Waals surface area (Å²) in [6.07, 6.45) is -2.17. The normalized spacial score (nSPS) is 12.9. The Balaban J connectivity index is 1.75. The van der Waals surface area contributed by atoms with Crippen LogP contribution >= 0.6 is 11.6 Å². The van der Waals surface area contributed by atoms with Gasteiger partial charge in [0.15, 0.2) is 0 Å². The molecule has 1 N–H and O–H groups in total. The topological polar surface area (TPSA) is 34.2 Å². The Kier molecular flexibility index (Phi) is 6.45. The maximum atomic E-state index is 12.1. The third-order valence-corrected chi connectivity index (χ3v) is 3.58. The van der Waals surface area contributed by atoms with Gasteiger partial charge in [0.2, 0.25) is 0 Å². The Bertz CT molecular complexity index is 630. The minimum Gasteiger partial charge on any atom is -0.406 e. The highest BCUT2D eigenvalue weighted by atomic mass is 35.5. The van der Waals surface area contributed by atoms with E-state index in [-0.39, 0.29) is 5.75 Å². The molecule has 0 aliphatic rings. The lowest BCUT2D eigenvalue weighted by Gasteiger charge is -2.14. The molecule has 1 atom stereocenters. The number of aromatic nitrogens is 1. The van der Waals surface area contributed by atoms with Gasteiger partial charge in [-0.3, -0.25) is 0 Å². The van der Waals surface area contributed by atoms with Crippen LogP contribution in [-0.2, 0) is 13.0 Å². The Morgan fingerprint density at radius 2 is 1.79 bits per heavy atom. The van der Waals surface area contributed by atoms with Crippen LogP contribution in [0.5, 0.6) is 5.75 Å². The molecule has 130 valence electrons. The fourth-order valence-corrected chi connectivity index (χ4v) is 2.39. The molecule has 0 saturated heterocycles. The van der Waals surface area contributed by atoms with Crippen molar-refractivity contribution >= 4 is 11.6 Å². The molecular weight excluding hydrogens is 341 g/mol. The summed E-state index contributed by atoms with van der Waals surface area (Å²) in [5.41, 5.74) is 2.01. The van der Waals surface area contributed by atoms with Gasteiger partial charge in [-0.1, -0.05) is 36.7 Å². The molecule has 0 fully saturated rings. The van der Waals surface area contributed by atoms with E-state index in [9.17, 15) is 13.2 Å². The van der Waals surface area contributed by atoms with Crippen molar-refractivity contribution in [3.63, 3.8) is 0 Å². The van der Waals surface area contributed by atoms with Crippen LogP contribution in [0.3, 0.4) is 0 Å².